The van der Waals surface area contributed by atoms with Gasteiger partial charge < -0.3 is 10.6 Å². The van der Waals surface area contributed by atoms with Gasteiger partial charge in [-0.05, 0) is 31.7 Å². The van der Waals surface area contributed by atoms with E-state index in [2.05, 4.69) is 40.9 Å². The lowest BCUT2D eigenvalue weighted by Crippen LogP contribution is -2.52. The van der Waals surface area contributed by atoms with Crippen LogP contribution in [0, 0.1) is 0 Å². The van der Waals surface area contributed by atoms with Crippen LogP contribution in [0.5, 0.6) is 0 Å². The van der Waals surface area contributed by atoms with Crippen molar-refractivity contribution in [2.24, 2.45) is 5.73 Å². The highest BCUT2D eigenvalue weighted by atomic mass is 15.3. The van der Waals surface area contributed by atoms with Crippen LogP contribution in [0.2, 0.25) is 0 Å². The first-order chi connectivity index (χ1) is 8.22. The highest BCUT2D eigenvalue weighted by molar-refractivity contribution is 5.16. The minimum absolute atomic E-state index is 0.321. The van der Waals surface area contributed by atoms with Gasteiger partial charge in [-0.2, -0.15) is 0 Å². The molecule has 0 aliphatic carbocycles. The summed E-state index contributed by atoms with van der Waals surface area (Å²) in [6.45, 7) is 6.26. The Morgan fingerprint density at radius 3 is 2.71 bits per heavy atom. The van der Waals surface area contributed by atoms with E-state index in [1.165, 1.54) is 5.56 Å². The first-order valence-corrected chi connectivity index (χ1v) is 6.26. The van der Waals surface area contributed by atoms with Gasteiger partial charge in [-0.3, -0.25) is 9.88 Å². The number of rotatable bonds is 3. The Balaban J connectivity index is 2.13. The van der Waals surface area contributed by atoms with Gasteiger partial charge in [0.25, 0.3) is 0 Å². The normalized spacial score (nSPS) is 24.8. The quantitative estimate of drug-likeness (QED) is 0.837. The Kier molecular flexibility index (Phi) is 4.10. The Morgan fingerprint density at radius 2 is 2.12 bits per heavy atom. The molecule has 4 nitrogen and oxygen atoms in total. The fourth-order valence-corrected chi connectivity index (χ4v) is 2.67. The van der Waals surface area contributed by atoms with Gasteiger partial charge in [0.2, 0.25) is 0 Å². The molecule has 1 aromatic heterocycles. The fourth-order valence-electron chi connectivity index (χ4n) is 2.67. The van der Waals surface area contributed by atoms with E-state index in [1.807, 2.05) is 12.4 Å². The first-order valence-electron chi connectivity index (χ1n) is 6.26. The molecular formula is C13H22N4. The second kappa shape index (κ2) is 5.58. The van der Waals surface area contributed by atoms with Crippen LogP contribution in [0.1, 0.15) is 18.5 Å². The number of nitrogens with two attached hydrogens (primary N) is 1. The third-order valence-corrected chi connectivity index (χ3v) is 3.60. The summed E-state index contributed by atoms with van der Waals surface area (Å²) >= 11 is 0. The number of likely N-dealkylation sites (N-methyl/N-ethyl adjacent to an activating group) is 1. The van der Waals surface area contributed by atoms with E-state index < -0.39 is 0 Å². The van der Waals surface area contributed by atoms with E-state index in [0.717, 1.165) is 19.6 Å². The van der Waals surface area contributed by atoms with Crippen LogP contribution < -0.4 is 5.73 Å². The molecule has 94 valence electrons. The second-order valence-electron chi connectivity index (χ2n) is 4.88. The zero-order chi connectivity index (χ0) is 12.3. The highest BCUT2D eigenvalue weighted by Crippen LogP contribution is 2.23. The van der Waals surface area contributed by atoms with E-state index in [1.54, 1.807) is 0 Å². The molecule has 4 heteroatoms. The molecule has 0 amide bonds. The zero-order valence-electron chi connectivity index (χ0n) is 10.7. The Labute approximate surface area is 103 Å². The van der Waals surface area contributed by atoms with Gasteiger partial charge in [0, 0.05) is 50.7 Å². The second-order valence-corrected chi connectivity index (χ2v) is 4.88. The van der Waals surface area contributed by atoms with Crippen molar-refractivity contribution in [2.75, 3.05) is 33.2 Å². The minimum atomic E-state index is 0.321. The summed E-state index contributed by atoms with van der Waals surface area (Å²) in [5, 5.41) is 0. The van der Waals surface area contributed by atoms with Crippen LogP contribution in [0.3, 0.4) is 0 Å². The number of nitrogens with zero attached hydrogens (tertiary/aromatic N) is 3. The third kappa shape index (κ3) is 2.83. The van der Waals surface area contributed by atoms with Gasteiger partial charge >= 0.3 is 0 Å². The number of aromatic nitrogens is 1. The van der Waals surface area contributed by atoms with E-state index in [0.29, 0.717) is 18.6 Å². The third-order valence-electron chi connectivity index (χ3n) is 3.60. The molecule has 17 heavy (non-hydrogen) atoms. The van der Waals surface area contributed by atoms with Crippen molar-refractivity contribution in [3.8, 4) is 0 Å². The monoisotopic (exact) mass is 234 g/mol. The molecule has 2 atom stereocenters. The fraction of sp³-hybridized carbons (Fsp3) is 0.615. The number of hydrogen-bond acceptors (Lipinski definition) is 4. The largest absolute Gasteiger partial charge is 0.329 e. The number of pyridine rings is 1. The maximum atomic E-state index is 5.96. The van der Waals surface area contributed by atoms with Gasteiger partial charge in [0.15, 0.2) is 0 Å². The lowest BCUT2D eigenvalue weighted by atomic mass is 10.0. The van der Waals surface area contributed by atoms with Crippen molar-refractivity contribution >= 4 is 0 Å². The van der Waals surface area contributed by atoms with Crippen molar-refractivity contribution in [1.82, 2.24) is 14.8 Å². The van der Waals surface area contributed by atoms with Gasteiger partial charge in [-0.25, -0.2) is 0 Å². The van der Waals surface area contributed by atoms with Gasteiger partial charge in [-0.1, -0.05) is 0 Å². The average molecular weight is 234 g/mol. The Hall–Kier alpha value is -0.970. The molecule has 2 unspecified atom stereocenters. The van der Waals surface area contributed by atoms with Crippen molar-refractivity contribution in [3.63, 3.8) is 0 Å². The Morgan fingerprint density at radius 1 is 1.41 bits per heavy atom. The van der Waals surface area contributed by atoms with E-state index in [4.69, 9.17) is 5.73 Å². The molecule has 2 heterocycles. The van der Waals surface area contributed by atoms with Crippen LogP contribution in [0.15, 0.2) is 24.5 Å². The van der Waals surface area contributed by atoms with Crippen molar-refractivity contribution < 1.29 is 0 Å². The summed E-state index contributed by atoms with van der Waals surface area (Å²) < 4.78 is 0. The molecule has 1 aliphatic heterocycles. The minimum Gasteiger partial charge on any atom is -0.329 e. The standard InChI is InChI=1S/C13H22N4/c1-11-10-16(2)7-8-17(11)13(9-14)12-3-5-15-6-4-12/h3-6,11,13H,7-10,14H2,1-2H3. The summed E-state index contributed by atoms with van der Waals surface area (Å²) in [7, 11) is 2.18. The maximum Gasteiger partial charge on any atom is 0.0475 e. The maximum absolute atomic E-state index is 5.96. The molecule has 1 aromatic rings. The summed E-state index contributed by atoms with van der Waals surface area (Å²) in [6.07, 6.45) is 3.69. The summed E-state index contributed by atoms with van der Waals surface area (Å²) in [5.41, 5.74) is 7.23. The van der Waals surface area contributed by atoms with Crippen LogP contribution >= 0.6 is 0 Å². The van der Waals surface area contributed by atoms with E-state index in [9.17, 15) is 0 Å². The SMILES string of the molecule is CC1CN(C)CCN1C(CN)c1ccncc1. The molecule has 0 bridgehead atoms. The smallest absolute Gasteiger partial charge is 0.0475 e. The Bertz CT molecular complexity index is 341. The molecule has 1 aliphatic rings. The highest BCUT2D eigenvalue weighted by Gasteiger charge is 2.27. The zero-order valence-corrected chi connectivity index (χ0v) is 10.7. The van der Waals surface area contributed by atoms with Crippen molar-refractivity contribution in [2.45, 2.75) is 19.0 Å². The van der Waals surface area contributed by atoms with Crippen LogP contribution in [-0.2, 0) is 0 Å². The van der Waals surface area contributed by atoms with E-state index >= 15 is 0 Å². The molecule has 1 fully saturated rings. The lowest BCUT2D eigenvalue weighted by molar-refractivity contribution is 0.0635. The predicted octanol–water partition coefficient (Wildman–Crippen LogP) is 0.717. The molecular weight excluding hydrogens is 212 g/mol. The average Bonchev–Trinajstić information content (AvgIpc) is 2.34. The summed E-state index contributed by atoms with van der Waals surface area (Å²) in [5.74, 6) is 0. The van der Waals surface area contributed by atoms with Crippen LogP contribution in [0.25, 0.3) is 0 Å². The van der Waals surface area contributed by atoms with Gasteiger partial charge in [-0.15, -0.1) is 0 Å². The summed E-state index contributed by atoms with van der Waals surface area (Å²) in [6, 6.07) is 5.02. The molecule has 2 N–H and O–H groups in total. The first kappa shape index (κ1) is 12.5. The van der Waals surface area contributed by atoms with Gasteiger partial charge in [0.1, 0.15) is 0 Å². The number of hydrogen-bond donors (Lipinski definition) is 1. The van der Waals surface area contributed by atoms with Crippen LogP contribution in [0.4, 0.5) is 0 Å². The molecule has 2 rings (SSSR count). The molecule has 0 spiro atoms. The molecule has 0 radical (unpaired) electrons. The van der Waals surface area contributed by atoms with Crippen molar-refractivity contribution in [1.29, 1.82) is 0 Å². The van der Waals surface area contributed by atoms with Crippen molar-refractivity contribution in [3.05, 3.63) is 30.1 Å². The lowest BCUT2D eigenvalue weighted by Gasteiger charge is -2.42. The number of piperazine rings is 1. The molecule has 0 saturated carbocycles. The molecule has 0 aromatic carbocycles. The van der Waals surface area contributed by atoms with Gasteiger partial charge in [0.05, 0.1) is 0 Å². The summed E-state index contributed by atoms with van der Waals surface area (Å²) in [4.78, 5) is 8.96. The molecule has 1 saturated heterocycles. The van der Waals surface area contributed by atoms with Crippen LogP contribution in [-0.4, -0.2) is 54.1 Å². The van der Waals surface area contributed by atoms with E-state index in [-0.39, 0.29) is 0 Å². The predicted molar refractivity (Wildman–Crippen MR) is 69.7 cm³/mol. The topological polar surface area (TPSA) is 45.4 Å².